The number of hydrogen-bond donors (Lipinski definition) is 2. The van der Waals surface area contributed by atoms with E-state index in [0.717, 1.165) is 35.5 Å². The van der Waals surface area contributed by atoms with Crippen molar-refractivity contribution in [1.82, 2.24) is 15.0 Å². The van der Waals surface area contributed by atoms with E-state index < -0.39 is 0 Å². The third-order valence-corrected chi connectivity index (χ3v) is 5.31. The molecule has 1 unspecified atom stereocenters. The van der Waals surface area contributed by atoms with E-state index in [4.69, 9.17) is 4.74 Å². The Bertz CT molecular complexity index is 1140. The van der Waals surface area contributed by atoms with Crippen LogP contribution in [0.2, 0.25) is 0 Å². The molecule has 1 aliphatic heterocycles. The number of aryl methyl sites for hydroxylation is 1. The molecule has 166 valence electrons. The van der Waals surface area contributed by atoms with E-state index in [2.05, 4.69) is 25.6 Å². The van der Waals surface area contributed by atoms with E-state index >= 15 is 0 Å². The van der Waals surface area contributed by atoms with E-state index in [0.29, 0.717) is 24.2 Å². The number of halogens is 1. The van der Waals surface area contributed by atoms with Crippen LogP contribution in [0.1, 0.15) is 24.5 Å². The van der Waals surface area contributed by atoms with E-state index in [-0.39, 0.29) is 17.8 Å². The Morgan fingerprint density at radius 1 is 1.19 bits per heavy atom. The highest BCUT2D eigenvalue weighted by atomic mass is 19.1. The molecule has 2 N–H and O–H groups in total. The van der Waals surface area contributed by atoms with Gasteiger partial charge in [0.05, 0.1) is 6.54 Å². The molecule has 1 fully saturated rings. The molecule has 0 saturated carbocycles. The van der Waals surface area contributed by atoms with E-state index in [1.54, 1.807) is 6.07 Å². The zero-order chi connectivity index (χ0) is 22.7. The summed E-state index contributed by atoms with van der Waals surface area (Å²) in [5.41, 5.74) is 3.18. The molecule has 0 spiro atoms. The Morgan fingerprint density at radius 3 is 2.78 bits per heavy atom. The van der Waals surface area contributed by atoms with Crippen molar-refractivity contribution in [3.63, 3.8) is 0 Å². The van der Waals surface area contributed by atoms with Crippen molar-refractivity contribution in [1.29, 1.82) is 0 Å². The van der Waals surface area contributed by atoms with Gasteiger partial charge < -0.3 is 20.3 Å². The number of rotatable bonds is 6. The average Bonchev–Trinajstić information content (AvgIpc) is 3.22. The van der Waals surface area contributed by atoms with Gasteiger partial charge in [0.2, 0.25) is 17.8 Å². The molecule has 0 bridgehead atoms. The first-order valence-electron chi connectivity index (χ1n) is 10.4. The summed E-state index contributed by atoms with van der Waals surface area (Å²) in [4.78, 5) is 26.5. The van der Waals surface area contributed by atoms with Crippen LogP contribution in [-0.4, -0.2) is 40.1 Å². The Kier molecular flexibility index (Phi) is 6.16. The van der Waals surface area contributed by atoms with Gasteiger partial charge in [0.15, 0.2) is 0 Å². The lowest BCUT2D eigenvalue weighted by Gasteiger charge is -2.18. The standard InChI is InChI=1S/C23H25FN6O2/c1-14-11-17(24)7-8-21(14)32-18-9-10-30(12-18)23-26-13-25-22(29-23)28-20-6-4-5-19(15(20)2)27-16(3)31/h4-8,11,13,18H,9-10,12H2,1-3H3,(H,27,31)(H,25,26,28,29). The first-order chi connectivity index (χ1) is 15.4. The Morgan fingerprint density at radius 2 is 2.00 bits per heavy atom. The molecule has 2 aromatic carbocycles. The van der Waals surface area contributed by atoms with E-state index in [1.165, 1.54) is 25.4 Å². The smallest absolute Gasteiger partial charge is 0.232 e. The number of carbonyl (C=O) groups excluding carboxylic acids is 1. The van der Waals surface area contributed by atoms with Crippen molar-refractivity contribution >= 4 is 29.2 Å². The van der Waals surface area contributed by atoms with E-state index in [1.807, 2.05) is 36.9 Å². The van der Waals surface area contributed by atoms with Crippen molar-refractivity contribution in [2.75, 3.05) is 28.6 Å². The molecule has 1 atom stereocenters. The second-order valence-electron chi connectivity index (χ2n) is 7.78. The van der Waals surface area contributed by atoms with Crippen molar-refractivity contribution in [2.45, 2.75) is 33.3 Å². The van der Waals surface area contributed by atoms with Crippen molar-refractivity contribution in [3.05, 3.63) is 59.7 Å². The predicted molar refractivity (Wildman–Crippen MR) is 121 cm³/mol. The molecule has 3 aromatic rings. The lowest BCUT2D eigenvalue weighted by molar-refractivity contribution is -0.114. The zero-order valence-electron chi connectivity index (χ0n) is 18.2. The number of hydrogen-bond acceptors (Lipinski definition) is 7. The number of benzene rings is 2. The van der Waals surface area contributed by atoms with Gasteiger partial charge in [0.25, 0.3) is 0 Å². The molecule has 1 saturated heterocycles. The normalized spacial score (nSPS) is 15.5. The fourth-order valence-electron chi connectivity index (χ4n) is 3.65. The molecule has 0 aliphatic carbocycles. The summed E-state index contributed by atoms with van der Waals surface area (Å²) >= 11 is 0. The molecule has 32 heavy (non-hydrogen) atoms. The fourth-order valence-corrected chi connectivity index (χ4v) is 3.65. The van der Waals surface area contributed by atoms with Crippen molar-refractivity contribution < 1.29 is 13.9 Å². The second kappa shape index (κ2) is 9.17. The highest BCUT2D eigenvalue weighted by Gasteiger charge is 2.26. The molecular weight excluding hydrogens is 411 g/mol. The number of ether oxygens (including phenoxy) is 1. The molecule has 1 aromatic heterocycles. The minimum Gasteiger partial charge on any atom is -0.488 e. The minimum absolute atomic E-state index is 0.0380. The molecule has 9 heteroatoms. The summed E-state index contributed by atoms with van der Waals surface area (Å²) in [6, 6.07) is 10.1. The molecular formula is C23H25FN6O2. The average molecular weight is 436 g/mol. The summed E-state index contributed by atoms with van der Waals surface area (Å²) in [6.07, 6.45) is 2.24. The maximum Gasteiger partial charge on any atom is 0.232 e. The Hall–Kier alpha value is -3.75. The first-order valence-corrected chi connectivity index (χ1v) is 10.4. The SMILES string of the molecule is CC(=O)Nc1cccc(Nc2ncnc(N3CCC(Oc4ccc(F)cc4C)C3)n2)c1C. The van der Waals surface area contributed by atoms with Gasteiger partial charge >= 0.3 is 0 Å². The number of amides is 1. The summed E-state index contributed by atoms with van der Waals surface area (Å²) in [7, 11) is 0. The summed E-state index contributed by atoms with van der Waals surface area (Å²) in [5.74, 6) is 1.25. The monoisotopic (exact) mass is 436 g/mol. The summed E-state index contributed by atoms with van der Waals surface area (Å²) in [6.45, 7) is 6.58. The van der Waals surface area contributed by atoms with Crippen molar-refractivity contribution in [2.24, 2.45) is 0 Å². The van der Waals surface area contributed by atoms with Crippen molar-refractivity contribution in [3.8, 4) is 5.75 Å². The van der Waals surface area contributed by atoms with Gasteiger partial charge in [-0.15, -0.1) is 0 Å². The van der Waals surface area contributed by atoms with Crippen LogP contribution >= 0.6 is 0 Å². The van der Waals surface area contributed by atoms with Gasteiger partial charge in [-0.2, -0.15) is 4.98 Å². The molecule has 0 radical (unpaired) electrons. The van der Waals surface area contributed by atoms with Gasteiger partial charge in [-0.05, 0) is 55.3 Å². The van der Waals surface area contributed by atoms with Crippen LogP contribution in [0.25, 0.3) is 0 Å². The number of nitrogens with zero attached hydrogens (tertiary/aromatic N) is 4. The van der Waals surface area contributed by atoms with Crippen LogP contribution in [-0.2, 0) is 4.79 Å². The predicted octanol–water partition coefficient (Wildman–Crippen LogP) is 3.99. The van der Waals surface area contributed by atoms with Crippen LogP contribution in [0.5, 0.6) is 5.75 Å². The third-order valence-electron chi connectivity index (χ3n) is 5.31. The molecule has 1 amide bonds. The van der Waals surface area contributed by atoms with Gasteiger partial charge in [-0.3, -0.25) is 4.79 Å². The molecule has 2 heterocycles. The number of carbonyl (C=O) groups is 1. The second-order valence-corrected chi connectivity index (χ2v) is 7.78. The highest BCUT2D eigenvalue weighted by molar-refractivity contribution is 5.90. The van der Waals surface area contributed by atoms with Crippen LogP contribution in [0.15, 0.2) is 42.7 Å². The summed E-state index contributed by atoms with van der Waals surface area (Å²) < 4.78 is 19.4. The molecule has 4 rings (SSSR count). The largest absolute Gasteiger partial charge is 0.488 e. The van der Waals surface area contributed by atoms with E-state index in [9.17, 15) is 9.18 Å². The van der Waals surface area contributed by atoms with Crippen LogP contribution in [0.4, 0.5) is 27.7 Å². The summed E-state index contributed by atoms with van der Waals surface area (Å²) in [5, 5.41) is 6.02. The lowest BCUT2D eigenvalue weighted by Crippen LogP contribution is -2.26. The maximum absolute atomic E-state index is 13.3. The molecule has 8 nitrogen and oxygen atoms in total. The quantitative estimate of drug-likeness (QED) is 0.604. The lowest BCUT2D eigenvalue weighted by atomic mass is 10.1. The van der Waals surface area contributed by atoms with Gasteiger partial charge in [-0.1, -0.05) is 6.07 Å². The number of nitrogens with one attached hydrogen (secondary N) is 2. The topological polar surface area (TPSA) is 92.3 Å². The van der Waals surface area contributed by atoms with Gasteiger partial charge in [0.1, 0.15) is 24.0 Å². The molecule has 1 aliphatic rings. The number of aromatic nitrogens is 3. The fraction of sp³-hybridized carbons (Fsp3) is 0.304. The van der Waals surface area contributed by atoms with Crippen LogP contribution < -0.4 is 20.3 Å². The first kappa shape index (κ1) is 21.5. The Labute approximate surface area is 185 Å². The van der Waals surface area contributed by atoms with Gasteiger partial charge in [-0.25, -0.2) is 14.4 Å². The van der Waals surface area contributed by atoms with Crippen LogP contribution in [0.3, 0.4) is 0 Å². The van der Waals surface area contributed by atoms with Crippen LogP contribution in [0, 0.1) is 19.7 Å². The highest BCUT2D eigenvalue weighted by Crippen LogP contribution is 2.27. The number of anilines is 4. The minimum atomic E-state index is -0.272. The third kappa shape index (κ3) is 4.93. The zero-order valence-corrected chi connectivity index (χ0v) is 18.2. The van der Waals surface area contributed by atoms with Gasteiger partial charge in [0, 0.05) is 31.3 Å². The Balaban J connectivity index is 1.44. The maximum atomic E-state index is 13.3.